The maximum absolute atomic E-state index is 10.4. The van der Waals surface area contributed by atoms with Gasteiger partial charge in [0.2, 0.25) is 0 Å². The van der Waals surface area contributed by atoms with Crippen LogP contribution in [-0.4, -0.2) is 9.13 Å². The SMILES string of the molecule is Cc1cccc(C)c1-n1c2ccccc2c2cc(-c3ccc4c(c3)c3ccccc3n4-c3ccccc3)cc(-c3c(C#N)cccc3C#N)c21. The topological polar surface area (TPSA) is 57.4 Å². The molecular formula is C46H30N4. The molecule has 234 valence electrons. The molecule has 0 aliphatic heterocycles. The molecule has 9 aromatic rings. The summed E-state index contributed by atoms with van der Waals surface area (Å²) in [5.74, 6) is 0. The maximum Gasteiger partial charge on any atom is 0.0998 e. The Labute approximate surface area is 289 Å². The second-order valence-corrected chi connectivity index (χ2v) is 12.9. The molecular weight excluding hydrogens is 609 g/mol. The first-order chi connectivity index (χ1) is 24.6. The normalized spacial score (nSPS) is 11.4. The van der Waals surface area contributed by atoms with Crippen LogP contribution >= 0.6 is 0 Å². The third-order valence-corrected chi connectivity index (χ3v) is 10.0. The summed E-state index contributed by atoms with van der Waals surface area (Å²) < 4.78 is 4.66. The van der Waals surface area contributed by atoms with Gasteiger partial charge in [0.05, 0.1) is 51.0 Å². The predicted molar refractivity (Wildman–Crippen MR) is 205 cm³/mol. The first kappa shape index (κ1) is 29.3. The number of fused-ring (bicyclic) bond motifs is 6. The third kappa shape index (κ3) is 4.30. The number of hydrogen-bond acceptors (Lipinski definition) is 2. The third-order valence-electron chi connectivity index (χ3n) is 10.0. The van der Waals surface area contributed by atoms with Gasteiger partial charge < -0.3 is 9.13 Å². The first-order valence-electron chi connectivity index (χ1n) is 16.7. The van der Waals surface area contributed by atoms with Crippen molar-refractivity contribution in [3.63, 3.8) is 0 Å². The Bertz CT molecular complexity index is 2860. The molecule has 50 heavy (non-hydrogen) atoms. The second-order valence-electron chi connectivity index (χ2n) is 12.9. The average molecular weight is 639 g/mol. The van der Waals surface area contributed by atoms with E-state index in [9.17, 15) is 10.5 Å². The highest BCUT2D eigenvalue weighted by molar-refractivity contribution is 6.17. The molecule has 0 bridgehead atoms. The van der Waals surface area contributed by atoms with E-state index in [1.807, 2.05) is 18.2 Å². The van der Waals surface area contributed by atoms with Gasteiger partial charge in [-0.15, -0.1) is 0 Å². The van der Waals surface area contributed by atoms with Gasteiger partial charge in [0.1, 0.15) is 0 Å². The van der Waals surface area contributed by atoms with Crippen molar-refractivity contribution < 1.29 is 0 Å². The Kier molecular flexibility index (Phi) is 6.66. The van der Waals surface area contributed by atoms with E-state index in [-0.39, 0.29) is 0 Å². The zero-order valence-electron chi connectivity index (χ0n) is 27.6. The van der Waals surface area contributed by atoms with Crippen molar-refractivity contribution in [2.45, 2.75) is 13.8 Å². The summed E-state index contributed by atoms with van der Waals surface area (Å²) >= 11 is 0. The Morgan fingerprint density at radius 1 is 0.460 bits per heavy atom. The van der Waals surface area contributed by atoms with Crippen molar-refractivity contribution in [2.75, 3.05) is 0 Å². The zero-order chi connectivity index (χ0) is 33.9. The predicted octanol–water partition coefficient (Wildman–Crippen LogP) is 11.6. The van der Waals surface area contributed by atoms with Crippen LogP contribution in [0.15, 0.2) is 146 Å². The fourth-order valence-corrected chi connectivity index (χ4v) is 7.88. The summed E-state index contributed by atoms with van der Waals surface area (Å²) in [6.07, 6.45) is 0. The van der Waals surface area contributed by atoms with Crippen LogP contribution in [0.5, 0.6) is 0 Å². The van der Waals surface area contributed by atoms with Gasteiger partial charge in [-0.05, 0) is 96.8 Å². The van der Waals surface area contributed by atoms with Crippen LogP contribution in [0.4, 0.5) is 0 Å². The van der Waals surface area contributed by atoms with Gasteiger partial charge in [-0.1, -0.05) is 84.9 Å². The fourth-order valence-electron chi connectivity index (χ4n) is 7.88. The Balaban J connectivity index is 1.42. The van der Waals surface area contributed by atoms with Crippen LogP contribution in [0.2, 0.25) is 0 Å². The minimum atomic E-state index is 0.474. The molecule has 0 saturated heterocycles. The molecule has 0 saturated carbocycles. The van der Waals surface area contributed by atoms with Crippen molar-refractivity contribution in [2.24, 2.45) is 0 Å². The smallest absolute Gasteiger partial charge is 0.0998 e. The molecule has 0 fully saturated rings. The van der Waals surface area contributed by atoms with Crippen molar-refractivity contribution in [3.05, 3.63) is 168 Å². The lowest BCUT2D eigenvalue weighted by Gasteiger charge is -2.18. The number of rotatable bonds is 4. The highest BCUT2D eigenvalue weighted by atomic mass is 15.0. The van der Waals surface area contributed by atoms with E-state index in [2.05, 4.69) is 156 Å². The van der Waals surface area contributed by atoms with Gasteiger partial charge in [0.15, 0.2) is 0 Å². The van der Waals surface area contributed by atoms with Gasteiger partial charge in [0.25, 0.3) is 0 Å². The number of aromatic nitrogens is 2. The van der Waals surface area contributed by atoms with Crippen molar-refractivity contribution in [1.29, 1.82) is 10.5 Å². The van der Waals surface area contributed by atoms with Crippen LogP contribution in [-0.2, 0) is 0 Å². The lowest BCUT2D eigenvalue weighted by Crippen LogP contribution is -2.02. The average Bonchev–Trinajstić information content (AvgIpc) is 3.67. The number of aryl methyl sites for hydroxylation is 2. The van der Waals surface area contributed by atoms with Crippen LogP contribution in [0, 0.1) is 36.5 Å². The zero-order valence-corrected chi connectivity index (χ0v) is 27.6. The number of para-hydroxylation sites is 4. The molecule has 9 rings (SSSR count). The number of hydrogen-bond donors (Lipinski definition) is 0. The van der Waals surface area contributed by atoms with E-state index >= 15 is 0 Å². The summed E-state index contributed by atoms with van der Waals surface area (Å²) in [4.78, 5) is 0. The summed E-state index contributed by atoms with van der Waals surface area (Å²) in [6.45, 7) is 4.28. The maximum atomic E-state index is 10.4. The summed E-state index contributed by atoms with van der Waals surface area (Å²) in [5.41, 5.74) is 13.4. The summed E-state index contributed by atoms with van der Waals surface area (Å²) in [6, 6.07) is 55.3. The highest BCUT2D eigenvalue weighted by Gasteiger charge is 2.23. The summed E-state index contributed by atoms with van der Waals surface area (Å²) in [5, 5.41) is 25.4. The quantitative estimate of drug-likeness (QED) is 0.193. The van der Waals surface area contributed by atoms with E-state index in [1.54, 1.807) is 6.07 Å². The monoisotopic (exact) mass is 638 g/mol. The standard InChI is InChI=1S/C46H30N4/c1-29-12-10-13-30(2)45(29)50-42-21-9-7-19-37(42)39-25-34(26-40(46(39)50)44-32(27-47)14-11-15-33(44)28-48)31-22-23-43-38(24-31)36-18-6-8-20-41(36)49(43)35-16-4-3-5-17-35/h3-26H,1-2H3. The van der Waals surface area contributed by atoms with E-state index in [0.717, 1.165) is 77.4 Å². The molecule has 0 radical (unpaired) electrons. The lowest BCUT2D eigenvalue weighted by atomic mass is 9.90. The Morgan fingerprint density at radius 2 is 1.02 bits per heavy atom. The van der Waals surface area contributed by atoms with Gasteiger partial charge >= 0.3 is 0 Å². The van der Waals surface area contributed by atoms with Crippen molar-refractivity contribution in [3.8, 4) is 45.8 Å². The van der Waals surface area contributed by atoms with Gasteiger partial charge in [-0.25, -0.2) is 0 Å². The molecule has 0 amide bonds. The van der Waals surface area contributed by atoms with E-state index < -0.39 is 0 Å². The minimum absolute atomic E-state index is 0.474. The number of nitrogens with zero attached hydrogens (tertiary/aromatic N) is 4. The minimum Gasteiger partial charge on any atom is -0.309 e. The molecule has 0 aliphatic rings. The van der Waals surface area contributed by atoms with Gasteiger partial charge in [-0.2, -0.15) is 10.5 Å². The van der Waals surface area contributed by atoms with Gasteiger partial charge in [0, 0.05) is 38.4 Å². The molecule has 4 nitrogen and oxygen atoms in total. The van der Waals surface area contributed by atoms with Crippen LogP contribution in [0.1, 0.15) is 22.3 Å². The molecule has 4 heteroatoms. The molecule has 0 unspecified atom stereocenters. The molecule has 2 heterocycles. The highest BCUT2D eigenvalue weighted by Crippen LogP contribution is 2.44. The number of benzene rings is 7. The largest absolute Gasteiger partial charge is 0.309 e. The molecule has 0 spiro atoms. The van der Waals surface area contributed by atoms with Gasteiger partial charge in [-0.3, -0.25) is 0 Å². The molecule has 2 aromatic heterocycles. The Hall–Kier alpha value is -6.88. The molecule has 0 N–H and O–H groups in total. The van der Waals surface area contributed by atoms with Crippen molar-refractivity contribution >= 4 is 43.6 Å². The van der Waals surface area contributed by atoms with E-state index in [1.165, 1.54) is 5.39 Å². The second kappa shape index (κ2) is 11.4. The van der Waals surface area contributed by atoms with E-state index in [4.69, 9.17) is 0 Å². The summed E-state index contributed by atoms with van der Waals surface area (Å²) in [7, 11) is 0. The molecule has 0 atom stereocenters. The van der Waals surface area contributed by atoms with Crippen LogP contribution < -0.4 is 0 Å². The van der Waals surface area contributed by atoms with Crippen LogP contribution in [0.25, 0.3) is 77.2 Å². The first-order valence-corrected chi connectivity index (χ1v) is 16.7. The molecule has 7 aromatic carbocycles. The molecule has 0 aliphatic carbocycles. The van der Waals surface area contributed by atoms with E-state index in [0.29, 0.717) is 16.7 Å². The number of nitriles is 2. The fraction of sp³-hybridized carbons (Fsp3) is 0.0435. The lowest BCUT2D eigenvalue weighted by molar-refractivity contribution is 1.12. The van der Waals surface area contributed by atoms with Crippen molar-refractivity contribution in [1.82, 2.24) is 9.13 Å². The van der Waals surface area contributed by atoms with Crippen LogP contribution in [0.3, 0.4) is 0 Å². The Morgan fingerprint density at radius 3 is 1.70 bits per heavy atom.